The summed E-state index contributed by atoms with van der Waals surface area (Å²) in [7, 11) is 0. The number of hydrogen-bond acceptors (Lipinski definition) is 6. The Bertz CT molecular complexity index is 1150. The first kappa shape index (κ1) is 18.6. The van der Waals surface area contributed by atoms with Crippen LogP contribution in [0.5, 0.6) is 0 Å². The van der Waals surface area contributed by atoms with Crippen LogP contribution in [0, 0.1) is 0 Å². The highest BCUT2D eigenvalue weighted by Crippen LogP contribution is 2.23. The van der Waals surface area contributed by atoms with Crippen LogP contribution in [0.1, 0.15) is 10.8 Å². The molecule has 0 aliphatic carbocycles. The highest BCUT2D eigenvalue weighted by atomic mass is 35.5. The first-order valence-electron chi connectivity index (χ1n) is 8.60. The minimum atomic E-state index is -0.486. The van der Waals surface area contributed by atoms with E-state index in [9.17, 15) is 9.90 Å². The first-order chi connectivity index (χ1) is 13.6. The topological polar surface area (TPSA) is 77.2 Å². The monoisotopic (exact) mass is 413 g/mol. The largest absolute Gasteiger partial charge is 0.454 e. The third-order valence-electron chi connectivity index (χ3n) is 4.13. The molecule has 28 heavy (non-hydrogen) atoms. The molecule has 0 radical (unpaired) electrons. The third-order valence-corrected chi connectivity index (χ3v) is 5.37. The van der Waals surface area contributed by atoms with Crippen LogP contribution in [0.2, 0.25) is 5.02 Å². The number of aliphatic hydroxyl groups is 1. The number of para-hydroxylation sites is 1. The van der Waals surface area contributed by atoms with Gasteiger partial charge in [-0.2, -0.15) is 0 Å². The van der Waals surface area contributed by atoms with Gasteiger partial charge >= 0.3 is 5.97 Å². The molecule has 0 spiro atoms. The Balaban J connectivity index is 1.47. The molecule has 1 N–H and O–H groups in total. The molecule has 2 aromatic heterocycles. The maximum Gasteiger partial charge on any atom is 0.331 e. The highest BCUT2D eigenvalue weighted by molar-refractivity contribution is 7.19. The molecule has 8 heteroatoms. The predicted octanol–water partition coefficient (Wildman–Crippen LogP) is 4.05. The Hall–Kier alpha value is -2.74. The van der Waals surface area contributed by atoms with E-state index in [0.29, 0.717) is 17.4 Å². The van der Waals surface area contributed by atoms with Gasteiger partial charge in [0.15, 0.2) is 0 Å². The number of carbonyl (C=O) groups is 1. The first-order valence-corrected chi connectivity index (χ1v) is 9.79. The molecular weight excluding hydrogens is 398 g/mol. The Morgan fingerprint density at radius 3 is 2.89 bits per heavy atom. The summed E-state index contributed by atoms with van der Waals surface area (Å²) >= 11 is 7.56. The van der Waals surface area contributed by atoms with Crippen molar-refractivity contribution in [3.05, 3.63) is 64.4 Å². The third kappa shape index (κ3) is 3.91. The quantitative estimate of drug-likeness (QED) is 0.381. The molecule has 0 saturated carbocycles. The summed E-state index contributed by atoms with van der Waals surface area (Å²) in [4.78, 5) is 21.0. The average Bonchev–Trinajstić information content (AvgIpc) is 3.26. The zero-order chi connectivity index (χ0) is 19.5. The van der Waals surface area contributed by atoms with Gasteiger partial charge < -0.3 is 14.4 Å². The molecule has 142 valence electrons. The Kier molecular flexibility index (Phi) is 5.38. The SMILES string of the molecule is O=C(/C=C/c1nc2ccccc2s1)OCc1nc2ccc(Cl)cc2n1CCO. The van der Waals surface area contributed by atoms with E-state index >= 15 is 0 Å². The maximum absolute atomic E-state index is 12.1. The molecule has 0 aliphatic heterocycles. The van der Waals surface area contributed by atoms with Crippen LogP contribution < -0.4 is 0 Å². The summed E-state index contributed by atoms with van der Waals surface area (Å²) in [6.07, 6.45) is 3.00. The van der Waals surface area contributed by atoms with Gasteiger partial charge in [0.2, 0.25) is 0 Å². The zero-order valence-electron chi connectivity index (χ0n) is 14.7. The van der Waals surface area contributed by atoms with Crippen molar-refractivity contribution in [2.24, 2.45) is 0 Å². The van der Waals surface area contributed by atoms with Crippen molar-refractivity contribution in [1.82, 2.24) is 14.5 Å². The van der Waals surface area contributed by atoms with E-state index in [2.05, 4.69) is 9.97 Å². The Morgan fingerprint density at radius 1 is 1.21 bits per heavy atom. The number of aromatic nitrogens is 3. The van der Waals surface area contributed by atoms with Crippen molar-refractivity contribution in [3.8, 4) is 0 Å². The number of aliphatic hydroxyl groups excluding tert-OH is 1. The summed E-state index contributed by atoms with van der Waals surface area (Å²) in [5.74, 6) is 0.0629. The second-order valence-electron chi connectivity index (χ2n) is 6.00. The van der Waals surface area contributed by atoms with E-state index in [1.54, 1.807) is 28.8 Å². The molecule has 0 atom stereocenters. The molecule has 2 aromatic carbocycles. The van der Waals surface area contributed by atoms with Crippen molar-refractivity contribution in [3.63, 3.8) is 0 Å². The van der Waals surface area contributed by atoms with Crippen molar-refractivity contribution >= 4 is 56.2 Å². The van der Waals surface area contributed by atoms with E-state index in [0.717, 1.165) is 26.3 Å². The minimum Gasteiger partial charge on any atom is -0.454 e. The lowest BCUT2D eigenvalue weighted by atomic mass is 10.3. The van der Waals surface area contributed by atoms with Crippen molar-refractivity contribution in [2.45, 2.75) is 13.2 Å². The van der Waals surface area contributed by atoms with Gasteiger partial charge in [-0.05, 0) is 36.4 Å². The van der Waals surface area contributed by atoms with E-state index in [1.165, 1.54) is 17.4 Å². The fraction of sp³-hybridized carbons (Fsp3) is 0.150. The number of ether oxygens (including phenoxy) is 1. The molecule has 0 fully saturated rings. The lowest BCUT2D eigenvalue weighted by Crippen LogP contribution is -2.10. The van der Waals surface area contributed by atoms with Gasteiger partial charge in [0.25, 0.3) is 0 Å². The summed E-state index contributed by atoms with van der Waals surface area (Å²) in [5, 5.41) is 10.6. The molecule has 0 amide bonds. The molecule has 6 nitrogen and oxygen atoms in total. The van der Waals surface area contributed by atoms with Crippen LogP contribution in [0.25, 0.3) is 27.3 Å². The predicted molar refractivity (Wildman–Crippen MR) is 110 cm³/mol. The number of thiazole rings is 1. The van der Waals surface area contributed by atoms with Crippen LogP contribution in [0.4, 0.5) is 0 Å². The van der Waals surface area contributed by atoms with Crippen LogP contribution in [-0.4, -0.2) is 32.2 Å². The van der Waals surface area contributed by atoms with Gasteiger partial charge in [-0.1, -0.05) is 23.7 Å². The molecule has 2 heterocycles. The van der Waals surface area contributed by atoms with Crippen LogP contribution in [0.15, 0.2) is 48.5 Å². The smallest absolute Gasteiger partial charge is 0.331 e. The van der Waals surface area contributed by atoms with Gasteiger partial charge in [-0.25, -0.2) is 14.8 Å². The highest BCUT2D eigenvalue weighted by Gasteiger charge is 2.12. The molecule has 4 rings (SSSR count). The van der Waals surface area contributed by atoms with Gasteiger partial charge in [0, 0.05) is 17.6 Å². The van der Waals surface area contributed by atoms with E-state index in [-0.39, 0.29) is 13.2 Å². The van der Waals surface area contributed by atoms with Gasteiger partial charge in [0.1, 0.15) is 17.4 Å². The summed E-state index contributed by atoms with van der Waals surface area (Å²) in [5.41, 5.74) is 2.42. The number of imidazole rings is 1. The second kappa shape index (κ2) is 8.10. The van der Waals surface area contributed by atoms with Gasteiger partial charge in [0.05, 0.1) is 27.9 Å². The van der Waals surface area contributed by atoms with Crippen molar-refractivity contribution in [2.75, 3.05) is 6.61 Å². The number of nitrogens with zero attached hydrogens (tertiary/aromatic N) is 3. The molecule has 4 aromatic rings. The fourth-order valence-corrected chi connectivity index (χ4v) is 3.93. The molecular formula is C20H16ClN3O3S. The van der Waals surface area contributed by atoms with Crippen LogP contribution in [0.3, 0.4) is 0 Å². The molecule has 0 bridgehead atoms. The van der Waals surface area contributed by atoms with Crippen LogP contribution >= 0.6 is 22.9 Å². The summed E-state index contributed by atoms with van der Waals surface area (Å²) in [6, 6.07) is 13.1. The minimum absolute atomic E-state index is 0.00465. The lowest BCUT2D eigenvalue weighted by molar-refractivity contribution is -0.139. The Morgan fingerprint density at radius 2 is 2.07 bits per heavy atom. The van der Waals surface area contributed by atoms with Gasteiger partial charge in [-0.15, -0.1) is 11.3 Å². The molecule has 0 saturated heterocycles. The number of rotatable bonds is 6. The number of hydrogen-bond donors (Lipinski definition) is 1. The van der Waals surface area contributed by atoms with Gasteiger partial charge in [-0.3, -0.25) is 0 Å². The maximum atomic E-state index is 12.1. The second-order valence-corrected chi connectivity index (χ2v) is 7.50. The normalized spacial score (nSPS) is 11.6. The Labute approximate surface area is 169 Å². The van der Waals surface area contributed by atoms with Crippen molar-refractivity contribution < 1.29 is 14.6 Å². The zero-order valence-corrected chi connectivity index (χ0v) is 16.3. The molecule has 0 unspecified atom stereocenters. The summed E-state index contributed by atoms with van der Waals surface area (Å²) in [6.45, 7) is 0.275. The number of benzene rings is 2. The van der Waals surface area contributed by atoms with E-state index < -0.39 is 5.97 Å². The average molecular weight is 414 g/mol. The number of halogens is 1. The van der Waals surface area contributed by atoms with E-state index in [1.807, 2.05) is 24.3 Å². The van der Waals surface area contributed by atoms with E-state index in [4.69, 9.17) is 16.3 Å². The standard InChI is InChI=1S/C20H16ClN3O3S/c21-13-5-6-14-16(11-13)24(9-10-25)18(22-14)12-27-20(26)8-7-19-23-15-3-1-2-4-17(15)28-19/h1-8,11,25H,9-10,12H2/b8-7+. The lowest BCUT2D eigenvalue weighted by Gasteiger charge is -2.07. The summed E-state index contributed by atoms with van der Waals surface area (Å²) < 4.78 is 8.18. The fourth-order valence-electron chi connectivity index (χ4n) is 2.89. The number of esters is 1. The number of fused-ring (bicyclic) bond motifs is 2. The van der Waals surface area contributed by atoms with Crippen LogP contribution in [-0.2, 0) is 22.7 Å². The molecule has 0 aliphatic rings. The number of carbonyl (C=O) groups excluding carboxylic acids is 1. The van der Waals surface area contributed by atoms with Crippen molar-refractivity contribution in [1.29, 1.82) is 0 Å².